The van der Waals surface area contributed by atoms with Crippen molar-refractivity contribution in [3.05, 3.63) is 59.7 Å². The van der Waals surface area contributed by atoms with E-state index in [4.69, 9.17) is 9.47 Å². The van der Waals surface area contributed by atoms with Crippen molar-refractivity contribution in [1.29, 1.82) is 0 Å². The number of benzene rings is 2. The number of rotatable bonds is 10. The second kappa shape index (κ2) is 10.9. The second-order valence-corrected chi connectivity index (χ2v) is 7.85. The quantitative estimate of drug-likeness (QED) is 0.634. The Morgan fingerprint density at radius 2 is 1.52 bits per heavy atom. The Balaban J connectivity index is 1.88. The number of amides is 1. The van der Waals surface area contributed by atoms with Crippen molar-refractivity contribution >= 4 is 17.7 Å². The van der Waals surface area contributed by atoms with Crippen LogP contribution in [0.5, 0.6) is 11.5 Å². The number of ether oxygens (including phenoxy) is 2. The van der Waals surface area contributed by atoms with E-state index in [0.29, 0.717) is 11.7 Å². The third-order valence-corrected chi connectivity index (χ3v) is 5.23. The number of carbonyl (C=O) groups excluding carboxylic acids is 1. The number of hydrogen-bond acceptors (Lipinski definition) is 4. The highest BCUT2D eigenvalue weighted by atomic mass is 32.2. The largest absolute Gasteiger partial charge is 0.497 e. The molecular formula is C22H29NO3S. The molecule has 0 aliphatic carbocycles. The maximum Gasteiger partial charge on any atom is 0.230 e. The van der Waals surface area contributed by atoms with Gasteiger partial charge in [-0.15, -0.1) is 11.8 Å². The fourth-order valence-corrected chi connectivity index (χ4v) is 3.60. The molecule has 0 aromatic heterocycles. The molecule has 4 nitrogen and oxygen atoms in total. The van der Waals surface area contributed by atoms with Gasteiger partial charge in [0.1, 0.15) is 11.5 Å². The van der Waals surface area contributed by atoms with Crippen LogP contribution in [0.1, 0.15) is 37.4 Å². The summed E-state index contributed by atoms with van der Waals surface area (Å²) in [7, 11) is 3.31. The molecule has 0 saturated heterocycles. The van der Waals surface area contributed by atoms with Gasteiger partial charge in [-0.2, -0.15) is 0 Å². The fourth-order valence-electron chi connectivity index (χ4n) is 2.81. The first-order valence-corrected chi connectivity index (χ1v) is 10.3. The van der Waals surface area contributed by atoms with Crippen LogP contribution in [0.15, 0.2) is 48.5 Å². The van der Waals surface area contributed by atoms with Crippen LogP contribution in [-0.4, -0.2) is 25.9 Å². The van der Waals surface area contributed by atoms with Crippen LogP contribution < -0.4 is 14.8 Å². The minimum atomic E-state index is 0.0185. The monoisotopic (exact) mass is 387 g/mol. The summed E-state index contributed by atoms with van der Waals surface area (Å²) in [5.41, 5.74) is 2.29. The van der Waals surface area contributed by atoms with Crippen molar-refractivity contribution in [3.8, 4) is 11.5 Å². The molecule has 0 saturated carbocycles. The zero-order valence-electron chi connectivity index (χ0n) is 16.5. The SMILES string of the molecule is COc1ccc(CSCC(=O)N[C@H](CC(C)C)c2ccc(OC)cc2)cc1. The van der Waals surface area contributed by atoms with Gasteiger partial charge in [0, 0.05) is 5.75 Å². The summed E-state index contributed by atoms with van der Waals surface area (Å²) < 4.78 is 10.4. The maximum absolute atomic E-state index is 12.4. The molecule has 0 spiro atoms. The number of methoxy groups -OCH3 is 2. The lowest BCUT2D eigenvalue weighted by molar-refractivity contribution is -0.119. The maximum atomic E-state index is 12.4. The molecular weight excluding hydrogens is 358 g/mol. The van der Waals surface area contributed by atoms with Crippen molar-refractivity contribution in [3.63, 3.8) is 0 Å². The topological polar surface area (TPSA) is 47.6 Å². The zero-order valence-corrected chi connectivity index (χ0v) is 17.3. The fraction of sp³-hybridized carbons (Fsp3) is 0.409. The van der Waals surface area contributed by atoms with E-state index >= 15 is 0 Å². The van der Waals surface area contributed by atoms with Crippen LogP contribution in [0, 0.1) is 5.92 Å². The third-order valence-electron chi connectivity index (χ3n) is 4.22. The van der Waals surface area contributed by atoms with Crippen LogP contribution in [0.25, 0.3) is 0 Å². The summed E-state index contributed by atoms with van der Waals surface area (Å²) in [5.74, 6) is 3.46. The van der Waals surface area contributed by atoms with Crippen LogP contribution in [0.2, 0.25) is 0 Å². The van der Waals surface area contributed by atoms with Crippen molar-refractivity contribution in [1.82, 2.24) is 5.32 Å². The number of carbonyl (C=O) groups is 1. The van der Waals surface area contributed by atoms with E-state index in [9.17, 15) is 4.79 Å². The Kier molecular flexibility index (Phi) is 8.52. The third kappa shape index (κ3) is 7.18. The molecule has 0 fully saturated rings. The van der Waals surface area contributed by atoms with Gasteiger partial charge in [-0.3, -0.25) is 4.79 Å². The molecule has 27 heavy (non-hydrogen) atoms. The van der Waals surface area contributed by atoms with Gasteiger partial charge in [-0.1, -0.05) is 38.1 Å². The van der Waals surface area contributed by atoms with E-state index in [1.54, 1.807) is 26.0 Å². The van der Waals surface area contributed by atoms with Crippen molar-refractivity contribution in [2.24, 2.45) is 5.92 Å². The lowest BCUT2D eigenvalue weighted by atomic mass is 9.97. The number of nitrogens with one attached hydrogen (secondary N) is 1. The van der Waals surface area contributed by atoms with Crippen molar-refractivity contribution in [2.75, 3.05) is 20.0 Å². The minimum absolute atomic E-state index is 0.0185. The average molecular weight is 388 g/mol. The summed E-state index contributed by atoms with van der Waals surface area (Å²) >= 11 is 1.62. The lowest BCUT2D eigenvalue weighted by Gasteiger charge is -2.21. The van der Waals surface area contributed by atoms with E-state index in [1.807, 2.05) is 48.5 Å². The highest BCUT2D eigenvalue weighted by molar-refractivity contribution is 7.99. The Hall–Kier alpha value is -2.14. The molecule has 0 unspecified atom stereocenters. The molecule has 0 heterocycles. The van der Waals surface area contributed by atoms with Crippen molar-refractivity contribution < 1.29 is 14.3 Å². The van der Waals surface area contributed by atoms with Gasteiger partial charge >= 0.3 is 0 Å². The molecule has 1 atom stereocenters. The molecule has 146 valence electrons. The van der Waals surface area contributed by atoms with Gasteiger partial charge in [0.2, 0.25) is 5.91 Å². The minimum Gasteiger partial charge on any atom is -0.497 e. The average Bonchev–Trinajstić information content (AvgIpc) is 2.68. The molecule has 1 amide bonds. The van der Waals surface area contributed by atoms with Crippen LogP contribution in [0.3, 0.4) is 0 Å². The molecule has 2 aromatic carbocycles. The Morgan fingerprint density at radius 1 is 0.963 bits per heavy atom. The van der Waals surface area contributed by atoms with Gasteiger partial charge in [0.05, 0.1) is 26.0 Å². The van der Waals surface area contributed by atoms with Crippen LogP contribution >= 0.6 is 11.8 Å². The molecule has 0 aliphatic heterocycles. The molecule has 2 rings (SSSR count). The van der Waals surface area contributed by atoms with Crippen molar-refractivity contribution in [2.45, 2.75) is 32.1 Å². The van der Waals surface area contributed by atoms with E-state index in [1.165, 1.54) is 5.56 Å². The standard InChI is InChI=1S/C22H29NO3S/c1-16(2)13-21(18-7-11-20(26-4)12-8-18)23-22(24)15-27-14-17-5-9-19(25-3)10-6-17/h5-12,16,21H,13-15H2,1-4H3,(H,23,24)/t21-/m1/s1. The second-order valence-electron chi connectivity index (χ2n) is 6.86. The first-order valence-electron chi connectivity index (χ1n) is 9.15. The molecule has 0 radical (unpaired) electrons. The summed E-state index contributed by atoms with van der Waals surface area (Å²) in [6.07, 6.45) is 0.904. The van der Waals surface area contributed by atoms with E-state index in [-0.39, 0.29) is 11.9 Å². The van der Waals surface area contributed by atoms with Gasteiger partial charge in [0.15, 0.2) is 0 Å². The predicted octanol–water partition coefficient (Wildman–Crippen LogP) is 4.84. The van der Waals surface area contributed by atoms with Crippen LogP contribution in [-0.2, 0) is 10.5 Å². The molecule has 1 N–H and O–H groups in total. The number of thioether (sulfide) groups is 1. The molecule has 0 bridgehead atoms. The van der Waals surface area contributed by atoms with Crippen LogP contribution in [0.4, 0.5) is 0 Å². The first kappa shape index (κ1) is 21.2. The Bertz CT molecular complexity index is 699. The zero-order chi connectivity index (χ0) is 19.6. The summed E-state index contributed by atoms with van der Waals surface area (Å²) in [4.78, 5) is 12.4. The summed E-state index contributed by atoms with van der Waals surface area (Å²) in [6, 6.07) is 15.9. The lowest BCUT2D eigenvalue weighted by Crippen LogP contribution is -2.30. The van der Waals surface area contributed by atoms with Gasteiger partial charge in [-0.05, 0) is 47.7 Å². The predicted molar refractivity (Wildman–Crippen MR) is 112 cm³/mol. The van der Waals surface area contributed by atoms with Gasteiger partial charge in [-0.25, -0.2) is 0 Å². The van der Waals surface area contributed by atoms with Gasteiger partial charge in [0.25, 0.3) is 0 Å². The first-order chi connectivity index (χ1) is 13.0. The molecule has 0 aliphatic rings. The summed E-state index contributed by atoms with van der Waals surface area (Å²) in [5, 5.41) is 3.19. The number of hydrogen-bond donors (Lipinski definition) is 1. The normalized spacial score (nSPS) is 11.9. The Morgan fingerprint density at radius 3 is 2.04 bits per heavy atom. The van der Waals surface area contributed by atoms with E-state index in [0.717, 1.165) is 29.2 Å². The highest BCUT2D eigenvalue weighted by Crippen LogP contribution is 2.24. The van der Waals surface area contributed by atoms with E-state index in [2.05, 4.69) is 19.2 Å². The molecule has 5 heteroatoms. The van der Waals surface area contributed by atoms with E-state index < -0.39 is 0 Å². The smallest absolute Gasteiger partial charge is 0.230 e. The summed E-state index contributed by atoms with van der Waals surface area (Å²) in [6.45, 7) is 4.34. The van der Waals surface area contributed by atoms with Gasteiger partial charge < -0.3 is 14.8 Å². The molecule has 2 aromatic rings. The Labute approximate surface area is 166 Å². The highest BCUT2D eigenvalue weighted by Gasteiger charge is 2.16.